The summed E-state index contributed by atoms with van der Waals surface area (Å²) >= 11 is 0. The molecule has 0 unspecified atom stereocenters. The zero-order chi connectivity index (χ0) is 16.9. The van der Waals surface area contributed by atoms with Crippen LogP contribution < -0.4 is 0 Å². The highest BCUT2D eigenvalue weighted by Crippen LogP contribution is 2.19. The van der Waals surface area contributed by atoms with E-state index >= 15 is 0 Å². The molecule has 7 heteroatoms. The molecule has 0 N–H and O–H groups in total. The first kappa shape index (κ1) is 17.7. The fraction of sp³-hybridized carbons (Fsp3) is 0.438. The number of benzene rings is 1. The van der Waals surface area contributed by atoms with Crippen molar-refractivity contribution in [3.8, 4) is 0 Å². The smallest absolute Gasteiger partial charge is 0.243 e. The number of rotatable bonds is 8. The monoisotopic (exact) mass is 337 g/mol. The number of sulfonamides is 1. The molecule has 1 aromatic heterocycles. The van der Waals surface area contributed by atoms with E-state index in [-0.39, 0.29) is 6.54 Å². The fourth-order valence-corrected chi connectivity index (χ4v) is 3.71. The maximum absolute atomic E-state index is 12.9. The van der Waals surface area contributed by atoms with E-state index in [1.165, 1.54) is 4.31 Å². The predicted molar refractivity (Wildman–Crippen MR) is 88.5 cm³/mol. The van der Waals surface area contributed by atoms with E-state index in [2.05, 4.69) is 5.10 Å². The third-order valence-corrected chi connectivity index (χ3v) is 5.38. The number of hydrogen-bond acceptors (Lipinski definition) is 4. The molecule has 2 aromatic rings. The summed E-state index contributed by atoms with van der Waals surface area (Å²) < 4.78 is 34.0. The first-order chi connectivity index (χ1) is 10.9. The van der Waals surface area contributed by atoms with Crippen LogP contribution in [0.1, 0.15) is 17.7 Å². The van der Waals surface area contributed by atoms with Gasteiger partial charge < -0.3 is 4.74 Å². The number of hydrogen-bond donors (Lipinski definition) is 0. The van der Waals surface area contributed by atoms with Gasteiger partial charge in [-0.2, -0.15) is 9.40 Å². The second-order valence-electron chi connectivity index (χ2n) is 5.48. The van der Waals surface area contributed by atoms with E-state index in [1.807, 2.05) is 20.0 Å². The Morgan fingerprint density at radius 1 is 1.22 bits per heavy atom. The topological polar surface area (TPSA) is 64.4 Å². The number of ether oxygens (including phenoxy) is 1. The molecule has 0 atom stereocenters. The van der Waals surface area contributed by atoms with Crippen LogP contribution in [0.25, 0.3) is 0 Å². The number of nitrogens with zero attached hydrogens (tertiary/aromatic N) is 3. The molecule has 0 amide bonds. The summed E-state index contributed by atoms with van der Waals surface area (Å²) in [6.45, 7) is 3.09. The lowest BCUT2D eigenvalue weighted by Crippen LogP contribution is -2.32. The van der Waals surface area contributed by atoms with Crippen molar-refractivity contribution in [1.82, 2.24) is 14.1 Å². The van der Waals surface area contributed by atoms with Crippen molar-refractivity contribution in [2.75, 3.05) is 20.3 Å². The highest BCUT2D eigenvalue weighted by molar-refractivity contribution is 7.89. The van der Waals surface area contributed by atoms with Crippen LogP contribution in [0.2, 0.25) is 0 Å². The summed E-state index contributed by atoms with van der Waals surface area (Å²) in [5.74, 6) is 0. The Balaban J connectivity index is 2.25. The summed E-state index contributed by atoms with van der Waals surface area (Å²) in [4.78, 5) is 0.302. The van der Waals surface area contributed by atoms with Gasteiger partial charge in [0.15, 0.2) is 0 Å². The summed E-state index contributed by atoms with van der Waals surface area (Å²) in [6.07, 6.45) is 2.44. The van der Waals surface area contributed by atoms with Crippen LogP contribution >= 0.6 is 0 Å². The largest absolute Gasteiger partial charge is 0.385 e. The molecule has 0 saturated heterocycles. The lowest BCUT2D eigenvalue weighted by Gasteiger charge is -2.21. The van der Waals surface area contributed by atoms with E-state index in [0.29, 0.717) is 24.5 Å². The second kappa shape index (κ2) is 7.72. The molecule has 23 heavy (non-hydrogen) atoms. The Bertz CT molecular complexity index is 723. The molecule has 0 aliphatic carbocycles. The van der Waals surface area contributed by atoms with E-state index in [4.69, 9.17) is 4.74 Å². The maximum atomic E-state index is 12.9. The Morgan fingerprint density at radius 2 is 1.91 bits per heavy atom. The van der Waals surface area contributed by atoms with Crippen molar-refractivity contribution in [3.05, 3.63) is 47.8 Å². The van der Waals surface area contributed by atoms with Crippen molar-refractivity contribution in [2.45, 2.75) is 24.8 Å². The van der Waals surface area contributed by atoms with Crippen molar-refractivity contribution < 1.29 is 13.2 Å². The van der Waals surface area contributed by atoms with E-state index in [9.17, 15) is 8.42 Å². The van der Waals surface area contributed by atoms with Crippen molar-refractivity contribution in [3.63, 3.8) is 0 Å². The lowest BCUT2D eigenvalue weighted by atomic mass is 10.2. The Kier molecular flexibility index (Phi) is 5.92. The quantitative estimate of drug-likeness (QED) is 0.691. The molecule has 0 aliphatic heterocycles. The molecule has 2 rings (SSSR count). The van der Waals surface area contributed by atoms with Gasteiger partial charge in [-0.25, -0.2) is 8.42 Å². The molecule has 126 valence electrons. The first-order valence-corrected chi connectivity index (χ1v) is 8.92. The highest BCUT2D eigenvalue weighted by atomic mass is 32.2. The third-order valence-electron chi connectivity index (χ3n) is 3.52. The molecular formula is C16H23N3O3S. The molecule has 0 spiro atoms. The zero-order valence-electron chi connectivity index (χ0n) is 13.8. The van der Waals surface area contributed by atoms with E-state index in [1.54, 1.807) is 42.3 Å². The Hall–Kier alpha value is -1.70. The van der Waals surface area contributed by atoms with Gasteiger partial charge in [0.25, 0.3) is 0 Å². The van der Waals surface area contributed by atoms with Gasteiger partial charge in [0, 0.05) is 33.5 Å². The van der Waals surface area contributed by atoms with Gasteiger partial charge in [-0.05, 0) is 31.5 Å². The van der Waals surface area contributed by atoms with Gasteiger partial charge in [0.1, 0.15) is 0 Å². The van der Waals surface area contributed by atoms with Crippen LogP contribution in [0, 0.1) is 6.92 Å². The first-order valence-electron chi connectivity index (χ1n) is 7.48. The van der Waals surface area contributed by atoms with Crippen LogP contribution in [0.5, 0.6) is 0 Å². The van der Waals surface area contributed by atoms with Crippen molar-refractivity contribution >= 4 is 10.0 Å². The van der Waals surface area contributed by atoms with Crippen LogP contribution in [0.4, 0.5) is 0 Å². The second-order valence-corrected chi connectivity index (χ2v) is 7.42. The minimum absolute atomic E-state index is 0.251. The number of aromatic nitrogens is 2. The molecule has 0 bridgehead atoms. The summed E-state index contributed by atoms with van der Waals surface area (Å²) in [6, 6.07) is 8.73. The van der Waals surface area contributed by atoms with Gasteiger partial charge in [0.05, 0.1) is 17.1 Å². The number of methoxy groups -OCH3 is 1. The molecule has 0 saturated carbocycles. The molecule has 6 nitrogen and oxygen atoms in total. The van der Waals surface area contributed by atoms with Crippen molar-refractivity contribution in [2.24, 2.45) is 7.05 Å². The third kappa shape index (κ3) is 4.63. The zero-order valence-corrected chi connectivity index (χ0v) is 14.6. The van der Waals surface area contributed by atoms with Crippen LogP contribution in [-0.2, 0) is 28.4 Å². The average molecular weight is 337 g/mol. The van der Waals surface area contributed by atoms with Gasteiger partial charge in [-0.1, -0.05) is 17.7 Å². The van der Waals surface area contributed by atoms with Gasteiger partial charge in [-0.15, -0.1) is 0 Å². The predicted octanol–water partition coefficient (Wildman–Crippen LogP) is 1.96. The highest BCUT2D eigenvalue weighted by Gasteiger charge is 2.25. The molecule has 0 radical (unpaired) electrons. The molecular weight excluding hydrogens is 314 g/mol. The molecule has 1 aromatic carbocycles. The average Bonchev–Trinajstić information content (AvgIpc) is 2.92. The summed E-state index contributed by atoms with van der Waals surface area (Å²) in [5.41, 5.74) is 1.75. The van der Waals surface area contributed by atoms with E-state index in [0.717, 1.165) is 11.3 Å². The SMILES string of the molecule is COCCCN(Cc1ccn(C)n1)S(=O)(=O)c1ccc(C)cc1. The number of aryl methyl sites for hydroxylation is 2. The van der Waals surface area contributed by atoms with Crippen LogP contribution in [0.3, 0.4) is 0 Å². The van der Waals surface area contributed by atoms with Gasteiger partial charge >= 0.3 is 0 Å². The minimum Gasteiger partial charge on any atom is -0.385 e. The van der Waals surface area contributed by atoms with Crippen LogP contribution in [0.15, 0.2) is 41.4 Å². The lowest BCUT2D eigenvalue weighted by molar-refractivity contribution is 0.186. The Labute approximate surface area is 137 Å². The normalized spacial score (nSPS) is 12.0. The fourth-order valence-electron chi connectivity index (χ4n) is 2.26. The summed E-state index contributed by atoms with van der Waals surface area (Å²) in [7, 11) is -0.137. The van der Waals surface area contributed by atoms with E-state index < -0.39 is 10.0 Å². The van der Waals surface area contributed by atoms with Gasteiger partial charge in [-0.3, -0.25) is 4.68 Å². The Morgan fingerprint density at radius 3 is 2.48 bits per heavy atom. The minimum atomic E-state index is -3.56. The standard InChI is InChI=1S/C16H23N3O3S/c1-14-5-7-16(8-6-14)23(20,21)19(10-4-12-22-3)13-15-9-11-18(2)17-15/h5-9,11H,4,10,12-13H2,1-3H3. The van der Waals surface area contributed by atoms with Crippen molar-refractivity contribution in [1.29, 1.82) is 0 Å². The summed E-state index contributed by atoms with van der Waals surface area (Å²) in [5, 5.41) is 4.28. The molecule has 0 aliphatic rings. The van der Waals surface area contributed by atoms with Crippen LogP contribution in [-0.4, -0.2) is 42.8 Å². The molecule has 0 fully saturated rings. The molecule has 1 heterocycles. The maximum Gasteiger partial charge on any atom is 0.243 e. The van der Waals surface area contributed by atoms with Gasteiger partial charge in [0.2, 0.25) is 10.0 Å².